The van der Waals surface area contributed by atoms with E-state index in [1.165, 1.54) is 6.20 Å². The van der Waals surface area contributed by atoms with Crippen LogP contribution in [-0.2, 0) is 0 Å². The molecule has 0 unspecified atom stereocenters. The molecule has 0 saturated carbocycles. The smallest absolute Gasteiger partial charge is 0.341 e. The number of hydrogen-bond acceptors (Lipinski definition) is 5. The SMILES string of the molecule is Cc1nnc(Oc2cnn(C(C)C)c2)c(C(=O)O)c1C. The Labute approximate surface area is 116 Å². The largest absolute Gasteiger partial charge is 0.477 e. The van der Waals surface area contributed by atoms with Gasteiger partial charge in [-0.05, 0) is 33.3 Å². The van der Waals surface area contributed by atoms with Gasteiger partial charge in [0.2, 0.25) is 0 Å². The first-order valence-corrected chi connectivity index (χ1v) is 6.19. The van der Waals surface area contributed by atoms with Gasteiger partial charge in [0.25, 0.3) is 5.88 Å². The van der Waals surface area contributed by atoms with Gasteiger partial charge in [-0.1, -0.05) is 0 Å². The summed E-state index contributed by atoms with van der Waals surface area (Å²) in [5.41, 5.74) is 1.13. The van der Waals surface area contributed by atoms with Crippen molar-refractivity contribution in [1.82, 2.24) is 20.0 Å². The molecule has 0 radical (unpaired) electrons. The molecule has 0 saturated heterocycles. The van der Waals surface area contributed by atoms with Crippen molar-refractivity contribution in [1.29, 1.82) is 0 Å². The van der Waals surface area contributed by atoms with Gasteiger partial charge in [0.15, 0.2) is 5.75 Å². The van der Waals surface area contributed by atoms with Crippen LogP contribution in [0.2, 0.25) is 0 Å². The molecule has 0 fully saturated rings. The lowest BCUT2D eigenvalue weighted by Crippen LogP contribution is -2.08. The topological polar surface area (TPSA) is 90.1 Å². The molecule has 20 heavy (non-hydrogen) atoms. The molecule has 2 rings (SSSR count). The third kappa shape index (κ3) is 2.61. The van der Waals surface area contributed by atoms with Crippen molar-refractivity contribution in [2.75, 3.05) is 0 Å². The number of aryl methyl sites for hydroxylation is 1. The van der Waals surface area contributed by atoms with E-state index in [0.717, 1.165) is 0 Å². The van der Waals surface area contributed by atoms with E-state index >= 15 is 0 Å². The van der Waals surface area contributed by atoms with Gasteiger partial charge in [-0.25, -0.2) is 4.79 Å². The molecule has 0 aromatic carbocycles. The first kappa shape index (κ1) is 14.0. The summed E-state index contributed by atoms with van der Waals surface area (Å²) in [5.74, 6) is -0.686. The summed E-state index contributed by atoms with van der Waals surface area (Å²) in [7, 11) is 0. The van der Waals surface area contributed by atoms with E-state index < -0.39 is 5.97 Å². The number of carbonyl (C=O) groups is 1. The zero-order valence-electron chi connectivity index (χ0n) is 11.8. The molecule has 1 N–H and O–H groups in total. The molecule has 0 bridgehead atoms. The summed E-state index contributed by atoms with van der Waals surface area (Å²) in [6.07, 6.45) is 3.20. The second kappa shape index (κ2) is 5.28. The molecule has 0 atom stereocenters. The second-order valence-electron chi connectivity index (χ2n) is 4.75. The number of rotatable bonds is 4. The zero-order valence-corrected chi connectivity index (χ0v) is 11.8. The van der Waals surface area contributed by atoms with Crippen molar-refractivity contribution in [2.45, 2.75) is 33.7 Å². The highest BCUT2D eigenvalue weighted by Gasteiger charge is 2.20. The van der Waals surface area contributed by atoms with Crippen molar-refractivity contribution >= 4 is 5.97 Å². The van der Waals surface area contributed by atoms with Crippen LogP contribution >= 0.6 is 0 Å². The highest BCUT2D eigenvalue weighted by Crippen LogP contribution is 2.26. The van der Waals surface area contributed by atoms with E-state index in [1.807, 2.05) is 13.8 Å². The van der Waals surface area contributed by atoms with Crippen LogP contribution in [0.25, 0.3) is 0 Å². The van der Waals surface area contributed by atoms with E-state index in [2.05, 4.69) is 15.3 Å². The van der Waals surface area contributed by atoms with Gasteiger partial charge >= 0.3 is 5.97 Å². The van der Waals surface area contributed by atoms with Crippen molar-refractivity contribution in [3.05, 3.63) is 29.2 Å². The summed E-state index contributed by atoms with van der Waals surface area (Å²) >= 11 is 0. The Hall–Kier alpha value is -2.44. The molecule has 0 amide bonds. The number of aromatic carboxylic acids is 1. The fourth-order valence-electron chi connectivity index (χ4n) is 1.68. The molecule has 2 heterocycles. The van der Waals surface area contributed by atoms with E-state index in [1.54, 1.807) is 24.7 Å². The highest BCUT2D eigenvalue weighted by atomic mass is 16.5. The number of carboxylic acid groups (broad SMARTS) is 1. The number of hydrogen-bond donors (Lipinski definition) is 1. The Morgan fingerprint density at radius 2 is 2.05 bits per heavy atom. The van der Waals surface area contributed by atoms with Crippen molar-refractivity contribution in [3.63, 3.8) is 0 Å². The zero-order chi connectivity index (χ0) is 14.9. The maximum absolute atomic E-state index is 11.3. The number of nitrogens with zero attached hydrogens (tertiary/aromatic N) is 4. The molecule has 106 valence electrons. The molecule has 0 spiro atoms. The van der Waals surface area contributed by atoms with Gasteiger partial charge in [0.05, 0.1) is 18.1 Å². The van der Waals surface area contributed by atoms with Gasteiger partial charge in [-0.2, -0.15) is 10.2 Å². The average Bonchev–Trinajstić information content (AvgIpc) is 2.82. The Balaban J connectivity index is 2.38. The van der Waals surface area contributed by atoms with Crippen molar-refractivity contribution in [2.24, 2.45) is 0 Å². The number of carboxylic acids is 1. The van der Waals surface area contributed by atoms with E-state index in [-0.39, 0.29) is 17.5 Å². The van der Waals surface area contributed by atoms with Crippen molar-refractivity contribution < 1.29 is 14.6 Å². The van der Waals surface area contributed by atoms with Crippen LogP contribution in [0, 0.1) is 13.8 Å². The highest BCUT2D eigenvalue weighted by molar-refractivity contribution is 5.92. The molecule has 0 aliphatic rings. The second-order valence-corrected chi connectivity index (χ2v) is 4.75. The summed E-state index contributed by atoms with van der Waals surface area (Å²) in [6, 6.07) is 0.192. The van der Waals surface area contributed by atoms with E-state index in [4.69, 9.17) is 4.74 Å². The Morgan fingerprint density at radius 3 is 2.60 bits per heavy atom. The minimum atomic E-state index is -1.09. The van der Waals surface area contributed by atoms with Crippen LogP contribution in [0.3, 0.4) is 0 Å². The van der Waals surface area contributed by atoms with Gasteiger partial charge in [-0.3, -0.25) is 4.68 Å². The minimum Gasteiger partial charge on any atom is -0.477 e. The summed E-state index contributed by atoms with van der Waals surface area (Å²) < 4.78 is 7.21. The molecular weight excluding hydrogens is 260 g/mol. The Morgan fingerprint density at radius 1 is 1.35 bits per heavy atom. The predicted octanol–water partition coefficient (Wildman–Crippen LogP) is 2.36. The summed E-state index contributed by atoms with van der Waals surface area (Å²) in [5, 5.41) is 21.1. The van der Waals surface area contributed by atoms with Gasteiger partial charge in [0, 0.05) is 6.04 Å². The lowest BCUT2D eigenvalue weighted by Gasteiger charge is -2.09. The summed E-state index contributed by atoms with van der Waals surface area (Å²) in [4.78, 5) is 11.3. The lowest BCUT2D eigenvalue weighted by molar-refractivity contribution is 0.0692. The third-order valence-electron chi connectivity index (χ3n) is 2.96. The monoisotopic (exact) mass is 276 g/mol. The number of aromatic nitrogens is 4. The molecular formula is C13H16N4O3. The van der Waals surface area contributed by atoms with E-state index in [0.29, 0.717) is 17.0 Å². The predicted molar refractivity (Wildman–Crippen MR) is 71.2 cm³/mol. The third-order valence-corrected chi connectivity index (χ3v) is 2.96. The normalized spacial score (nSPS) is 10.8. The van der Waals surface area contributed by atoms with Crippen LogP contribution in [0.4, 0.5) is 0 Å². The fraction of sp³-hybridized carbons (Fsp3) is 0.385. The quantitative estimate of drug-likeness (QED) is 0.921. The molecule has 0 aliphatic heterocycles. The first-order chi connectivity index (χ1) is 9.40. The van der Waals surface area contributed by atoms with Crippen molar-refractivity contribution in [3.8, 4) is 11.6 Å². The van der Waals surface area contributed by atoms with Crippen LogP contribution in [-0.4, -0.2) is 31.1 Å². The van der Waals surface area contributed by atoms with Crippen LogP contribution in [0.5, 0.6) is 11.6 Å². The van der Waals surface area contributed by atoms with Gasteiger partial charge in [-0.15, -0.1) is 5.10 Å². The lowest BCUT2D eigenvalue weighted by atomic mass is 10.1. The molecule has 7 nitrogen and oxygen atoms in total. The molecule has 0 aliphatic carbocycles. The molecule has 2 aromatic heterocycles. The minimum absolute atomic E-state index is 0.0230. The fourth-order valence-corrected chi connectivity index (χ4v) is 1.68. The van der Waals surface area contributed by atoms with Crippen LogP contribution < -0.4 is 4.74 Å². The molecule has 2 aromatic rings. The van der Waals surface area contributed by atoms with Gasteiger partial charge in [0.1, 0.15) is 5.56 Å². The van der Waals surface area contributed by atoms with Gasteiger partial charge < -0.3 is 9.84 Å². The Bertz CT molecular complexity index is 649. The van der Waals surface area contributed by atoms with E-state index in [9.17, 15) is 9.90 Å². The first-order valence-electron chi connectivity index (χ1n) is 6.19. The Kier molecular flexibility index (Phi) is 3.69. The maximum atomic E-state index is 11.3. The van der Waals surface area contributed by atoms with Crippen LogP contribution in [0.1, 0.15) is 41.5 Å². The standard InChI is InChI=1S/C13H16N4O3/c1-7(2)17-6-10(5-14-17)20-12-11(13(18)19)8(3)9(4)15-16-12/h5-7H,1-4H3,(H,18,19). The summed E-state index contributed by atoms with van der Waals surface area (Å²) in [6.45, 7) is 7.35. The average molecular weight is 276 g/mol. The molecule has 7 heteroatoms. The van der Waals surface area contributed by atoms with Crippen LogP contribution in [0.15, 0.2) is 12.4 Å². The number of ether oxygens (including phenoxy) is 1. The maximum Gasteiger partial charge on any atom is 0.341 e.